The average Bonchev–Trinajstić information content (AvgIpc) is 2.98. The maximum absolute atomic E-state index is 13.9. The summed E-state index contributed by atoms with van der Waals surface area (Å²) in [5.41, 5.74) is 1.79. The van der Waals surface area contributed by atoms with Crippen molar-refractivity contribution in [3.8, 4) is 17.2 Å². The largest absolute Gasteiger partial charge is 0.496 e. The Labute approximate surface area is 241 Å². The van der Waals surface area contributed by atoms with E-state index in [1.165, 1.54) is 6.42 Å². The van der Waals surface area contributed by atoms with Crippen LogP contribution >= 0.6 is 11.6 Å². The molecule has 0 saturated heterocycles. The van der Waals surface area contributed by atoms with E-state index in [4.69, 9.17) is 25.8 Å². The van der Waals surface area contributed by atoms with Gasteiger partial charge in [0.1, 0.15) is 23.3 Å². The van der Waals surface area contributed by atoms with Crippen molar-refractivity contribution < 1.29 is 23.8 Å². The van der Waals surface area contributed by atoms with E-state index in [9.17, 15) is 9.59 Å². The lowest BCUT2D eigenvalue weighted by Gasteiger charge is -2.33. The zero-order chi connectivity index (χ0) is 28.3. The van der Waals surface area contributed by atoms with Crippen molar-refractivity contribution in [1.82, 2.24) is 10.2 Å². The molecule has 40 heavy (non-hydrogen) atoms. The molecule has 0 aliphatic heterocycles. The second-order valence-corrected chi connectivity index (χ2v) is 10.5. The Morgan fingerprint density at radius 2 is 1.52 bits per heavy atom. The van der Waals surface area contributed by atoms with Crippen LogP contribution in [-0.2, 0) is 22.6 Å². The molecule has 1 atom stereocenters. The first-order valence-corrected chi connectivity index (χ1v) is 14.1. The highest BCUT2D eigenvalue weighted by atomic mass is 35.5. The van der Waals surface area contributed by atoms with Crippen LogP contribution in [0, 0.1) is 0 Å². The topological polar surface area (TPSA) is 77.1 Å². The Morgan fingerprint density at radius 1 is 0.875 bits per heavy atom. The average molecular weight is 565 g/mol. The predicted molar refractivity (Wildman–Crippen MR) is 156 cm³/mol. The molecular weight excluding hydrogens is 528 g/mol. The molecule has 0 bridgehead atoms. The lowest BCUT2D eigenvalue weighted by Crippen LogP contribution is -2.53. The third kappa shape index (κ3) is 8.39. The van der Waals surface area contributed by atoms with Crippen LogP contribution in [0.5, 0.6) is 17.2 Å². The van der Waals surface area contributed by atoms with Gasteiger partial charge in [0.25, 0.3) is 5.91 Å². The van der Waals surface area contributed by atoms with Crippen LogP contribution in [0.1, 0.15) is 43.2 Å². The normalized spacial score (nSPS) is 14.2. The number of halogens is 1. The molecule has 1 aliphatic carbocycles. The number of nitrogens with zero attached hydrogens (tertiary/aromatic N) is 1. The van der Waals surface area contributed by atoms with Crippen LogP contribution in [0.2, 0.25) is 5.02 Å². The monoisotopic (exact) mass is 564 g/mol. The maximum atomic E-state index is 13.9. The number of hydrogen-bond donors (Lipinski definition) is 1. The molecule has 1 fully saturated rings. The first kappa shape index (κ1) is 29.3. The number of rotatable bonds is 12. The van der Waals surface area contributed by atoms with Crippen LogP contribution < -0.4 is 19.5 Å². The lowest BCUT2D eigenvalue weighted by molar-refractivity contribution is -0.143. The van der Waals surface area contributed by atoms with Gasteiger partial charge >= 0.3 is 0 Å². The second-order valence-electron chi connectivity index (χ2n) is 10.0. The third-order valence-electron chi connectivity index (χ3n) is 7.15. The molecule has 0 spiro atoms. The number of benzene rings is 3. The van der Waals surface area contributed by atoms with Crippen LogP contribution in [0.3, 0.4) is 0 Å². The summed E-state index contributed by atoms with van der Waals surface area (Å²) in [7, 11) is 3.10. The van der Waals surface area contributed by atoms with Gasteiger partial charge in [-0.3, -0.25) is 9.59 Å². The molecule has 1 unspecified atom stereocenters. The molecule has 212 valence electrons. The zero-order valence-electron chi connectivity index (χ0n) is 23.1. The molecule has 4 rings (SSSR count). The van der Waals surface area contributed by atoms with Crippen molar-refractivity contribution >= 4 is 23.4 Å². The molecule has 8 heteroatoms. The molecule has 0 aromatic heterocycles. The number of carbonyl (C=O) groups excluding carboxylic acids is 2. The highest BCUT2D eigenvalue weighted by Crippen LogP contribution is 2.28. The quantitative estimate of drug-likeness (QED) is 0.300. The minimum atomic E-state index is -0.737. The molecule has 2 amide bonds. The predicted octanol–water partition coefficient (Wildman–Crippen LogP) is 5.83. The van der Waals surface area contributed by atoms with E-state index in [1.807, 2.05) is 48.5 Å². The van der Waals surface area contributed by atoms with Crippen molar-refractivity contribution in [1.29, 1.82) is 0 Å². The zero-order valence-corrected chi connectivity index (χ0v) is 23.9. The summed E-state index contributed by atoms with van der Waals surface area (Å²) < 4.78 is 16.6. The van der Waals surface area contributed by atoms with E-state index >= 15 is 0 Å². The fourth-order valence-electron chi connectivity index (χ4n) is 5.02. The molecule has 1 saturated carbocycles. The van der Waals surface area contributed by atoms with Crippen molar-refractivity contribution in [2.45, 2.75) is 57.2 Å². The van der Waals surface area contributed by atoms with Crippen LogP contribution in [0.4, 0.5) is 0 Å². The van der Waals surface area contributed by atoms with Crippen LogP contribution in [0.25, 0.3) is 0 Å². The van der Waals surface area contributed by atoms with Gasteiger partial charge in [-0.25, -0.2) is 0 Å². The minimum Gasteiger partial charge on any atom is -0.496 e. The summed E-state index contributed by atoms with van der Waals surface area (Å²) in [6, 6.07) is 21.6. The molecule has 3 aromatic carbocycles. The Hall–Kier alpha value is -3.71. The van der Waals surface area contributed by atoms with Crippen molar-refractivity contribution in [3.05, 3.63) is 88.9 Å². The number of methoxy groups -OCH3 is 2. The molecule has 0 heterocycles. The fourth-order valence-corrected chi connectivity index (χ4v) is 5.24. The number of hydrogen-bond acceptors (Lipinski definition) is 5. The Balaban J connectivity index is 1.62. The summed E-state index contributed by atoms with van der Waals surface area (Å²) in [6.07, 6.45) is 5.65. The highest BCUT2D eigenvalue weighted by molar-refractivity contribution is 6.30. The van der Waals surface area contributed by atoms with Gasteiger partial charge in [-0.05, 0) is 36.1 Å². The van der Waals surface area contributed by atoms with Crippen LogP contribution in [-0.4, -0.2) is 49.6 Å². The van der Waals surface area contributed by atoms with E-state index in [0.29, 0.717) is 28.7 Å². The fraction of sp³-hybridized carbons (Fsp3) is 0.375. The molecule has 3 aromatic rings. The number of nitrogens with one attached hydrogen (secondary N) is 1. The van der Waals surface area contributed by atoms with Gasteiger partial charge in [0.2, 0.25) is 5.91 Å². The van der Waals surface area contributed by atoms with Gasteiger partial charge in [-0.15, -0.1) is 0 Å². The SMILES string of the molecule is COc1cc(OC)cc(OCC(=O)N(Cc2cccc(Cl)c2)C(Cc2ccccc2)C(=O)NC2CCCCC2)c1. The Morgan fingerprint density at radius 3 is 2.17 bits per heavy atom. The molecule has 1 N–H and O–H groups in total. The highest BCUT2D eigenvalue weighted by Gasteiger charge is 2.32. The van der Waals surface area contributed by atoms with E-state index < -0.39 is 6.04 Å². The van der Waals surface area contributed by atoms with Gasteiger partial charge < -0.3 is 24.4 Å². The number of ether oxygens (including phenoxy) is 3. The molecule has 0 radical (unpaired) electrons. The summed E-state index contributed by atoms with van der Waals surface area (Å²) in [4.78, 5) is 29.3. The number of amides is 2. The molecule has 1 aliphatic rings. The lowest BCUT2D eigenvalue weighted by atomic mass is 9.94. The minimum absolute atomic E-state index is 0.114. The second kappa shape index (κ2) is 14.6. The van der Waals surface area contributed by atoms with Gasteiger partial charge in [-0.2, -0.15) is 0 Å². The Bertz CT molecular complexity index is 1240. The summed E-state index contributed by atoms with van der Waals surface area (Å²) >= 11 is 6.28. The molecule has 7 nitrogen and oxygen atoms in total. The molecular formula is C32H37ClN2O5. The third-order valence-corrected chi connectivity index (χ3v) is 7.39. The van der Waals surface area contributed by atoms with Gasteiger partial charge in [0.15, 0.2) is 6.61 Å². The van der Waals surface area contributed by atoms with E-state index in [-0.39, 0.29) is 31.0 Å². The Kier molecular flexibility index (Phi) is 10.7. The van der Waals surface area contributed by atoms with Crippen molar-refractivity contribution in [2.75, 3.05) is 20.8 Å². The van der Waals surface area contributed by atoms with E-state index in [2.05, 4.69) is 5.32 Å². The van der Waals surface area contributed by atoms with Crippen molar-refractivity contribution in [2.24, 2.45) is 0 Å². The summed E-state index contributed by atoms with van der Waals surface area (Å²) in [5.74, 6) is 1.05. The summed E-state index contributed by atoms with van der Waals surface area (Å²) in [6.45, 7) is -0.0569. The van der Waals surface area contributed by atoms with Gasteiger partial charge in [0, 0.05) is 42.2 Å². The van der Waals surface area contributed by atoms with E-state index in [0.717, 1.165) is 36.8 Å². The first-order valence-electron chi connectivity index (χ1n) is 13.7. The van der Waals surface area contributed by atoms with Crippen LogP contribution in [0.15, 0.2) is 72.8 Å². The summed E-state index contributed by atoms with van der Waals surface area (Å²) in [5, 5.41) is 3.81. The van der Waals surface area contributed by atoms with Gasteiger partial charge in [-0.1, -0.05) is 73.3 Å². The van der Waals surface area contributed by atoms with Gasteiger partial charge in [0.05, 0.1) is 14.2 Å². The van der Waals surface area contributed by atoms with Crippen molar-refractivity contribution in [3.63, 3.8) is 0 Å². The van der Waals surface area contributed by atoms with E-state index in [1.54, 1.807) is 43.4 Å². The first-order chi connectivity index (χ1) is 19.4. The number of carbonyl (C=O) groups is 2. The standard InChI is InChI=1S/C32H37ClN2O5/c1-38-27-18-28(39-2)20-29(19-27)40-22-31(36)35(21-24-12-9-13-25(33)16-24)30(17-23-10-5-3-6-11-23)32(37)34-26-14-7-4-8-15-26/h3,5-6,9-13,16,18-20,26,30H,4,7-8,14-15,17,21-22H2,1-2H3,(H,34,37). The maximum Gasteiger partial charge on any atom is 0.261 e. The smallest absolute Gasteiger partial charge is 0.261 e.